The van der Waals surface area contributed by atoms with E-state index in [1.807, 2.05) is 35.3 Å². The SMILES string of the molecule is COC(=O)C1(N)CCC(n2cc(-c3ccccc3)cn2)C1. The lowest BCUT2D eigenvalue weighted by molar-refractivity contribution is -0.146. The van der Waals surface area contributed by atoms with E-state index in [1.54, 1.807) is 0 Å². The topological polar surface area (TPSA) is 70.1 Å². The van der Waals surface area contributed by atoms with Crippen LogP contribution in [0.4, 0.5) is 0 Å². The molecule has 0 radical (unpaired) electrons. The minimum Gasteiger partial charge on any atom is -0.468 e. The van der Waals surface area contributed by atoms with Crippen LogP contribution in [0.1, 0.15) is 25.3 Å². The molecule has 1 aromatic carbocycles. The van der Waals surface area contributed by atoms with Crippen LogP contribution >= 0.6 is 0 Å². The molecular formula is C16H19N3O2. The number of esters is 1. The molecule has 2 N–H and O–H groups in total. The van der Waals surface area contributed by atoms with Crippen molar-refractivity contribution in [2.24, 2.45) is 5.73 Å². The van der Waals surface area contributed by atoms with E-state index in [-0.39, 0.29) is 12.0 Å². The number of carbonyl (C=O) groups excluding carboxylic acids is 1. The molecule has 2 atom stereocenters. The van der Waals surface area contributed by atoms with Gasteiger partial charge < -0.3 is 10.5 Å². The summed E-state index contributed by atoms with van der Waals surface area (Å²) in [6.45, 7) is 0. The minimum atomic E-state index is -0.877. The number of benzene rings is 1. The smallest absolute Gasteiger partial charge is 0.325 e. The monoisotopic (exact) mass is 285 g/mol. The molecule has 0 aliphatic heterocycles. The van der Waals surface area contributed by atoms with Gasteiger partial charge in [0.15, 0.2) is 0 Å². The second kappa shape index (κ2) is 5.33. The van der Waals surface area contributed by atoms with Crippen LogP contribution in [0.25, 0.3) is 11.1 Å². The van der Waals surface area contributed by atoms with E-state index < -0.39 is 5.54 Å². The number of carbonyl (C=O) groups is 1. The molecule has 21 heavy (non-hydrogen) atoms. The van der Waals surface area contributed by atoms with Gasteiger partial charge in [-0.1, -0.05) is 30.3 Å². The van der Waals surface area contributed by atoms with Gasteiger partial charge in [0.2, 0.25) is 0 Å². The number of rotatable bonds is 3. The summed E-state index contributed by atoms with van der Waals surface area (Å²) in [7, 11) is 1.38. The van der Waals surface area contributed by atoms with Gasteiger partial charge in [-0.25, -0.2) is 0 Å². The first-order valence-corrected chi connectivity index (χ1v) is 7.09. The molecule has 1 heterocycles. The third-order valence-corrected chi connectivity index (χ3v) is 4.20. The van der Waals surface area contributed by atoms with Crippen molar-refractivity contribution in [2.75, 3.05) is 7.11 Å². The van der Waals surface area contributed by atoms with E-state index in [4.69, 9.17) is 10.5 Å². The Morgan fingerprint density at radius 2 is 2.14 bits per heavy atom. The number of hydrogen-bond acceptors (Lipinski definition) is 4. The Morgan fingerprint density at radius 1 is 1.38 bits per heavy atom. The summed E-state index contributed by atoms with van der Waals surface area (Å²) in [5, 5.41) is 4.43. The predicted molar refractivity (Wildman–Crippen MR) is 79.5 cm³/mol. The fourth-order valence-corrected chi connectivity index (χ4v) is 2.98. The lowest BCUT2D eigenvalue weighted by atomic mass is 9.99. The van der Waals surface area contributed by atoms with Gasteiger partial charge in [0, 0.05) is 11.8 Å². The number of aromatic nitrogens is 2. The van der Waals surface area contributed by atoms with E-state index in [9.17, 15) is 4.79 Å². The van der Waals surface area contributed by atoms with Crippen LogP contribution in [0.2, 0.25) is 0 Å². The Bertz CT molecular complexity index is 638. The zero-order chi connectivity index (χ0) is 14.9. The summed E-state index contributed by atoms with van der Waals surface area (Å²) >= 11 is 0. The average Bonchev–Trinajstić information content (AvgIpc) is 3.15. The maximum atomic E-state index is 11.8. The molecule has 2 aromatic rings. The normalized spacial score (nSPS) is 25.0. The van der Waals surface area contributed by atoms with Crippen molar-refractivity contribution in [3.05, 3.63) is 42.7 Å². The highest BCUT2D eigenvalue weighted by atomic mass is 16.5. The van der Waals surface area contributed by atoms with Crippen LogP contribution in [0.5, 0.6) is 0 Å². The molecular weight excluding hydrogens is 266 g/mol. The highest BCUT2D eigenvalue weighted by Crippen LogP contribution is 2.37. The molecule has 0 spiro atoms. The highest BCUT2D eigenvalue weighted by molar-refractivity contribution is 5.80. The van der Waals surface area contributed by atoms with Gasteiger partial charge in [0.25, 0.3) is 0 Å². The standard InChI is InChI=1S/C16H19N3O2/c1-21-15(20)16(17)8-7-14(9-16)19-11-13(10-18-19)12-5-3-2-4-6-12/h2-6,10-11,14H,7-9,17H2,1H3. The van der Waals surface area contributed by atoms with Crippen LogP contribution in [-0.2, 0) is 9.53 Å². The maximum absolute atomic E-state index is 11.8. The Labute approximate surface area is 123 Å². The molecule has 0 amide bonds. The molecule has 110 valence electrons. The van der Waals surface area contributed by atoms with Crippen molar-refractivity contribution in [3.63, 3.8) is 0 Å². The zero-order valence-corrected chi connectivity index (χ0v) is 12.0. The number of ether oxygens (including phenoxy) is 1. The first-order valence-electron chi connectivity index (χ1n) is 7.09. The Kier molecular flexibility index (Phi) is 3.51. The van der Waals surface area contributed by atoms with E-state index in [2.05, 4.69) is 17.2 Å². The van der Waals surface area contributed by atoms with Gasteiger partial charge in [-0.3, -0.25) is 9.48 Å². The molecule has 1 fully saturated rings. The molecule has 5 heteroatoms. The molecule has 1 aromatic heterocycles. The van der Waals surface area contributed by atoms with E-state index in [0.29, 0.717) is 12.8 Å². The molecule has 1 aliphatic carbocycles. The number of methoxy groups -OCH3 is 1. The van der Waals surface area contributed by atoms with Crippen molar-refractivity contribution in [2.45, 2.75) is 30.8 Å². The molecule has 2 unspecified atom stereocenters. The molecule has 3 rings (SSSR count). The second-order valence-corrected chi connectivity index (χ2v) is 5.62. The molecule has 1 saturated carbocycles. The van der Waals surface area contributed by atoms with E-state index in [1.165, 1.54) is 7.11 Å². The summed E-state index contributed by atoms with van der Waals surface area (Å²) in [6.07, 6.45) is 5.90. The molecule has 0 bridgehead atoms. The fraction of sp³-hybridized carbons (Fsp3) is 0.375. The van der Waals surface area contributed by atoms with Gasteiger partial charge in [-0.05, 0) is 24.8 Å². The van der Waals surface area contributed by atoms with E-state index in [0.717, 1.165) is 17.5 Å². The van der Waals surface area contributed by atoms with Crippen LogP contribution in [-0.4, -0.2) is 28.4 Å². The van der Waals surface area contributed by atoms with Crippen LogP contribution in [0.3, 0.4) is 0 Å². The number of nitrogens with two attached hydrogens (primary N) is 1. The zero-order valence-electron chi connectivity index (χ0n) is 12.0. The molecule has 1 aliphatic rings. The summed E-state index contributed by atoms with van der Waals surface area (Å²) in [5.41, 5.74) is 7.47. The third-order valence-electron chi connectivity index (χ3n) is 4.20. The lowest BCUT2D eigenvalue weighted by Crippen LogP contribution is -2.46. The fourth-order valence-electron chi connectivity index (χ4n) is 2.98. The van der Waals surface area contributed by atoms with Gasteiger partial charge in [-0.15, -0.1) is 0 Å². The molecule has 5 nitrogen and oxygen atoms in total. The largest absolute Gasteiger partial charge is 0.468 e. The van der Waals surface area contributed by atoms with Crippen molar-refractivity contribution in [1.29, 1.82) is 0 Å². The number of nitrogens with zero attached hydrogens (tertiary/aromatic N) is 2. The van der Waals surface area contributed by atoms with Gasteiger partial charge in [0.05, 0.1) is 19.3 Å². The third kappa shape index (κ3) is 2.56. The molecule has 0 saturated heterocycles. The van der Waals surface area contributed by atoms with Gasteiger partial charge in [-0.2, -0.15) is 5.10 Å². The van der Waals surface area contributed by atoms with Crippen molar-refractivity contribution >= 4 is 5.97 Å². The van der Waals surface area contributed by atoms with Gasteiger partial charge in [0.1, 0.15) is 5.54 Å². The quantitative estimate of drug-likeness (QED) is 0.877. The second-order valence-electron chi connectivity index (χ2n) is 5.62. The summed E-state index contributed by atoms with van der Waals surface area (Å²) in [5.74, 6) is -0.333. The Balaban J connectivity index is 1.78. The van der Waals surface area contributed by atoms with Crippen LogP contribution in [0, 0.1) is 0 Å². The van der Waals surface area contributed by atoms with Crippen molar-refractivity contribution < 1.29 is 9.53 Å². The lowest BCUT2D eigenvalue weighted by Gasteiger charge is -2.20. The Morgan fingerprint density at radius 3 is 2.86 bits per heavy atom. The first-order chi connectivity index (χ1) is 10.1. The average molecular weight is 285 g/mol. The van der Waals surface area contributed by atoms with Gasteiger partial charge >= 0.3 is 5.97 Å². The van der Waals surface area contributed by atoms with Crippen molar-refractivity contribution in [1.82, 2.24) is 9.78 Å². The van der Waals surface area contributed by atoms with Crippen LogP contribution in [0.15, 0.2) is 42.7 Å². The van der Waals surface area contributed by atoms with Crippen molar-refractivity contribution in [3.8, 4) is 11.1 Å². The summed E-state index contributed by atoms with van der Waals surface area (Å²) in [6, 6.07) is 10.3. The van der Waals surface area contributed by atoms with E-state index >= 15 is 0 Å². The first kappa shape index (κ1) is 13.8. The minimum absolute atomic E-state index is 0.145. The highest BCUT2D eigenvalue weighted by Gasteiger charge is 2.43. The summed E-state index contributed by atoms with van der Waals surface area (Å²) in [4.78, 5) is 11.8. The summed E-state index contributed by atoms with van der Waals surface area (Å²) < 4.78 is 6.72. The Hall–Kier alpha value is -2.14. The van der Waals surface area contributed by atoms with Crippen LogP contribution < -0.4 is 5.73 Å². The number of hydrogen-bond donors (Lipinski definition) is 1. The predicted octanol–water partition coefficient (Wildman–Crippen LogP) is 2.15. The maximum Gasteiger partial charge on any atom is 0.325 e.